The number of nitrogens with one attached hydrogen (secondary N) is 2. The Morgan fingerprint density at radius 1 is 1.00 bits per heavy atom. The normalized spacial score (nSPS) is 13.7. The van der Waals surface area contributed by atoms with Gasteiger partial charge in [-0.3, -0.25) is 4.79 Å². The quantitative estimate of drug-likeness (QED) is 0.549. The van der Waals surface area contributed by atoms with Crippen LogP contribution in [0, 0.1) is 11.8 Å². The molecule has 2 N–H and O–H groups in total. The zero-order chi connectivity index (χ0) is 17.9. The molecule has 26 heavy (non-hydrogen) atoms. The van der Waals surface area contributed by atoms with Crippen molar-refractivity contribution in [1.82, 2.24) is 4.98 Å². The number of hydrogen-bond donors (Lipinski definition) is 2. The van der Waals surface area contributed by atoms with Crippen molar-refractivity contribution in [3.8, 4) is 17.6 Å². The van der Waals surface area contributed by atoms with Crippen molar-refractivity contribution in [3.63, 3.8) is 0 Å². The number of hydrogen-bond acceptors (Lipinski definition) is 2. The van der Waals surface area contributed by atoms with Crippen LogP contribution < -0.4 is 10.1 Å². The van der Waals surface area contributed by atoms with E-state index in [0.29, 0.717) is 11.3 Å². The molecule has 2 heterocycles. The van der Waals surface area contributed by atoms with Gasteiger partial charge in [0.25, 0.3) is 5.91 Å². The van der Waals surface area contributed by atoms with Crippen LogP contribution in [0.1, 0.15) is 22.4 Å². The summed E-state index contributed by atoms with van der Waals surface area (Å²) in [6, 6.07) is 17.3. The van der Waals surface area contributed by atoms with Crippen molar-refractivity contribution in [2.24, 2.45) is 0 Å². The summed E-state index contributed by atoms with van der Waals surface area (Å²) in [6.45, 7) is 0. The van der Waals surface area contributed by atoms with Crippen LogP contribution in [0.5, 0.6) is 5.75 Å². The van der Waals surface area contributed by atoms with Crippen molar-refractivity contribution in [2.45, 2.75) is 0 Å². The summed E-state index contributed by atoms with van der Waals surface area (Å²) in [5.41, 5.74) is 4.64. The van der Waals surface area contributed by atoms with E-state index in [1.807, 2.05) is 54.6 Å². The number of aromatic amines is 1. The summed E-state index contributed by atoms with van der Waals surface area (Å²) in [5, 5.41) is 2.91. The van der Waals surface area contributed by atoms with E-state index in [9.17, 15) is 4.79 Å². The second-order valence-electron chi connectivity index (χ2n) is 5.82. The van der Waals surface area contributed by atoms with Crippen molar-refractivity contribution >= 4 is 23.2 Å². The smallest absolute Gasteiger partial charge is 0.256 e. The first-order chi connectivity index (χ1) is 12.8. The lowest BCUT2D eigenvalue weighted by Gasteiger charge is -2.03. The Balaban J connectivity index is 1.81. The molecule has 0 atom stereocenters. The second kappa shape index (κ2) is 6.66. The van der Waals surface area contributed by atoms with E-state index in [1.165, 1.54) is 0 Å². The highest BCUT2D eigenvalue weighted by Crippen LogP contribution is 2.36. The molecule has 4 rings (SSSR count). The van der Waals surface area contributed by atoms with Gasteiger partial charge in [-0.05, 0) is 36.4 Å². The maximum Gasteiger partial charge on any atom is 0.256 e. The number of ether oxygens (including phenoxy) is 1. The fourth-order valence-corrected chi connectivity index (χ4v) is 2.96. The number of methoxy groups -OCH3 is 1. The lowest BCUT2D eigenvalue weighted by molar-refractivity contribution is -0.110. The van der Waals surface area contributed by atoms with Gasteiger partial charge in [0.2, 0.25) is 0 Å². The molecule has 3 aromatic rings. The average Bonchev–Trinajstić information content (AvgIpc) is 3.25. The zero-order valence-electron chi connectivity index (χ0n) is 14.2. The lowest BCUT2D eigenvalue weighted by Crippen LogP contribution is -2.03. The molecule has 0 unspecified atom stereocenters. The van der Waals surface area contributed by atoms with Crippen LogP contribution in [-0.2, 0) is 4.79 Å². The molecule has 4 heteroatoms. The predicted octanol–water partition coefficient (Wildman–Crippen LogP) is 3.92. The molecule has 1 aliphatic heterocycles. The summed E-state index contributed by atoms with van der Waals surface area (Å²) in [6.07, 6.45) is 3.58. The number of anilines is 1. The Bertz CT molecular complexity index is 1070. The van der Waals surface area contributed by atoms with Gasteiger partial charge in [-0.25, -0.2) is 0 Å². The molecule has 0 spiro atoms. The van der Waals surface area contributed by atoms with Gasteiger partial charge in [-0.1, -0.05) is 36.1 Å². The van der Waals surface area contributed by atoms with Crippen LogP contribution in [0.3, 0.4) is 0 Å². The Labute approximate surface area is 151 Å². The number of fused-ring (bicyclic) bond motifs is 1. The van der Waals surface area contributed by atoms with E-state index in [4.69, 9.17) is 4.74 Å². The van der Waals surface area contributed by atoms with E-state index >= 15 is 0 Å². The van der Waals surface area contributed by atoms with Crippen molar-refractivity contribution in [1.29, 1.82) is 0 Å². The summed E-state index contributed by atoms with van der Waals surface area (Å²) in [7, 11) is 1.60. The summed E-state index contributed by atoms with van der Waals surface area (Å²) >= 11 is 0. The highest BCUT2D eigenvalue weighted by Gasteiger charge is 2.26. The van der Waals surface area contributed by atoms with Crippen molar-refractivity contribution < 1.29 is 9.53 Å². The average molecular weight is 340 g/mol. The highest BCUT2D eigenvalue weighted by atomic mass is 16.5. The molecule has 1 aromatic heterocycles. The highest BCUT2D eigenvalue weighted by molar-refractivity contribution is 6.35. The van der Waals surface area contributed by atoms with Crippen LogP contribution in [-0.4, -0.2) is 18.0 Å². The Kier molecular flexibility index (Phi) is 4.04. The van der Waals surface area contributed by atoms with E-state index in [0.717, 1.165) is 28.1 Å². The van der Waals surface area contributed by atoms with Crippen molar-refractivity contribution in [2.75, 3.05) is 12.4 Å². The molecule has 0 fully saturated rings. The number of rotatable bonds is 2. The summed E-state index contributed by atoms with van der Waals surface area (Å²) in [4.78, 5) is 15.6. The Morgan fingerprint density at radius 2 is 1.85 bits per heavy atom. The van der Waals surface area contributed by atoms with Crippen LogP contribution in [0.4, 0.5) is 5.69 Å². The zero-order valence-corrected chi connectivity index (χ0v) is 14.2. The summed E-state index contributed by atoms with van der Waals surface area (Å²) < 4.78 is 5.32. The molecule has 0 radical (unpaired) electrons. The van der Waals surface area contributed by atoms with Crippen LogP contribution in [0.25, 0.3) is 11.6 Å². The number of carbonyl (C=O) groups is 1. The van der Waals surface area contributed by atoms with Gasteiger partial charge in [0.05, 0.1) is 24.1 Å². The van der Waals surface area contributed by atoms with Crippen LogP contribution in [0.15, 0.2) is 60.8 Å². The third-order valence-corrected chi connectivity index (χ3v) is 4.19. The molecule has 0 aliphatic carbocycles. The third kappa shape index (κ3) is 2.87. The lowest BCUT2D eigenvalue weighted by atomic mass is 9.99. The molecule has 2 aromatic carbocycles. The largest absolute Gasteiger partial charge is 0.495 e. The maximum absolute atomic E-state index is 12.5. The molecule has 0 saturated heterocycles. The maximum atomic E-state index is 12.5. The number of H-pyrrole nitrogens is 1. The molecular weight excluding hydrogens is 324 g/mol. The topological polar surface area (TPSA) is 54.1 Å². The standard InChI is InChI=1S/C22H16N2O2/c1-26-20-12-13-23-19(20)14-17-21-16(8-5-9-18(21)24-22(17)25)11-10-15-6-3-2-4-7-15/h2-9,12-14,23H,1H3,(H,24,25). The van der Waals surface area contributed by atoms with Gasteiger partial charge in [0.1, 0.15) is 5.75 Å². The van der Waals surface area contributed by atoms with Gasteiger partial charge >= 0.3 is 0 Å². The number of benzene rings is 2. The first kappa shape index (κ1) is 15.8. The van der Waals surface area contributed by atoms with Crippen LogP contribution >= 0.6 is 0 Å². The minimum absolute atomic E-state index is 0.148. The van der Waals surface area contributed by atoms with Crippen LogP contribution in [0.2, 0.25) is 0 Å². The fraction of sp³-hybridized carbons (Fsp3) is 0.0455. The first-order valence-electron chi connectivity index (χ1n) is 8.21. The molecule has 4 nitrogen and oxygen atoms in total. The van der Waals surface area contributed by atoms with Gasteiger partial charge < -0.3 is 15.0 Å². The molecule has 1 amide bonds. The molecule has 0 bridgehead atoms. The van der Waals surface area contributed by atoms with E-state index in [-0.39, 0.29) is 5.91 Å². The molecule has 0 saturated carbocycles. The number of carbonyl (C=O) groups excluding carboxylic acids is 1. The SMILES string of the molecule is COc1cc[nH]c1C=C1C(=O)Nc2cccc(C#Cc3ccccc3)c21. The molecular formula is C22H16N2O2. The monoisotopic (exact) mass is 340 g/mol. The minimum Gasteiger partial charge on any atom is -0.495 e. The van der Waals surface area contributed by atoms with Gasteiger partial charge in [0, 0.05) is 22.9 Å². The Morgan fingerprint density at radius 3 is 2.65 bits per heavy atom. The summed E-state index contributed by atoms with van der Waals surface area (Å²) in [5.74, 6) is 6.89. The van der Waals surface area contributed by atoms with Gasteiger partial charge in [-0.2, -0.15) is 0 Å². The molecule has 126 valence electrons. The van der Waals surface area contributed by atoms with Gasteiger partial charge in [0.15, 0.2) is 0 Å². The number of aromatic nitrogens is 1. The first-order valence-corrected chi connectivity index (χ1v) is 8.21. The van der Waals surface area contributed by atoms with E-state index < -0.39 is 0 Å². The fourth-order valence-electron chi connectivity index (χ4n) is 2.96. The Hall–Kier alpha value is -3.71. The third-order valence-electron chi connectivity index (χ3n) is 4.19. The van der Waals surface area contributed by atoms with E-state index in [2.05, 4.69) is 22.1 Å². The predicted molar refractivity (Wildman–Crippen MR) is 103 cm³/mol. The van der Waals surface area contributed by atoms with Gasteiger partial charge in [-0.15, -0.1) is 0 Å². The second-order valence-corrected chi connectivity index (χ2v) is 5.82. The van der Waals surface area contributed by atoms with Crippen molar-refractivity contribution in [3.05, 3.63) is 83.2 Å². The minimum atomic E-state index is -0.148. The van der Waals surface area contributed by atoms with E-state index in [1.54, 1.807) is 19.4 Å². The number of amides is 1. The molecule has 1 aliphatic rings.